The quantitative estimate of drug-likeness (QED) is 0.923. The number of halogens is 2. The van der Waals surface area contributed by atoms with Gasteiger partial charge in [0.15, 0.2) is 11.5 Å². The molecule has 1 aliphatic rings. The molecule has 4 nitrogen and oxygen atoms in total. The van der Waals surface area contributed by atoms with Gasteiger partial charge in [0, 0.05) is 12.1 Å². The molecule has 21 heavy (non-hydrogen) atoms. The molecule has 0 saturated heterocycles. The normalized spacial score (nSPS) is 12.9. The molecule has 0 aromatic heterocycles. The van der Waals surface area contributed by atoms with E-state index in [2.05, 4.69) is 5.32 Å². The summed E-state index contributed by atoms with van der Waals surface area (Å²) in [6.45, 7) is 0.875. The first-order chi connectivity index (χ1) is 10.1. The molecule has 0 fully saturated rings. The van der Waals surface area contributed by atoms with E-state index in [1.165, 1.54) is 18.2 Å². The average molecular weight is 308 g/mol. The van der Waals surface area contributed by atoms with E-state index in [0.717, 1.165) is 0 Å². The average Bonchev–Trinajstić information content (AvgIpc) is 2.48. The minimum Gasteiger partial charge on any atom is -0.486 e. The number of carbonyl (C=O) groups is 1. The number of fused-ring (bicyclic) bond motifs is 1. The van der Waals surface area contributed by atoms with Crippen LogP contribution in [0.3, 0.4) is 0 Å². The Kier molecular flexibility index (Phi) is 3.66. The number of hydrogen-bond acceptors (Lipinski definition) is 3. The first-order valence-corrected chi connectivity index (χ1v) is 6.68. The van der Waals surface area contributed by atoms with Crippen LogP contribution in [-0.2, 0) is 0 Å². The number of amides is 1. The molecule has 2 aromatic rings. The van der Waals surface area contributed by atoms with Crippen molar-refractivity contribution < 1.29 is 18.7 Å². The fourth-order valence-electron chi connectivity index (χ4n) is 1.99. The highest BCUT2D eigenvalue weighted by molar-refractivity contribution is 6.34. The van der Waals surface area contributed by atoms with Crippen LogP contribution in [-0.4, -0.2) is 19.1 Å². The molecule has 0 aliphatic carbocycles. The second kappa shape index (κ2) is 5.61. The largest absolute Gasteiger partial charge is 0.486 e. The zero-order chi connectivity index (χ0) is 14.8. The van der Waals surface area contributed by atoms with E-state index in [9.17, 15) is 9.18 Å². The highest BCUT2D eigenvalue weighted by Crippen LogP contribution is 2.38. The molecular formula is C15H11ClFNO3. The maximum absolute atomic E-state index is 13.6. The molecule has 3 rings (SSSR count). The number of carbonyl (C=O) groups excluding carboxylic acids is 1. The van der Waals surface area contributed by atoms with Gasteiger partial charge in [-0.3, -0.25) is 4.79 Å². The van der Waals surface area contributed by atoms with Crippen LogP contribution in [0.5, 0.6) is 11.5 Å². The molecule has 1 N–H and O–H groups in total. The predicted molar refractivity (Wildman–Crippen MR) is 76.8 cm³/mol. The van der Waals surface area contributed by atoms with E-state index in [1.54, 1.807) is 18.2 Å². The molecule has 0 bridgehead atoms. The number of hydrogen-bond donors (Lipinski definition) is 1. The molecule has 1 aliphatic heterocycles. The zero-order valence-electron chi connectivity index (χ0n) is 10.9. The first-order valence-electron chi connectivity index (χ1n) is 6.30. The Morgan fingerprint density at radius 3 is 2.52 bits per heavy atom. The van der Waals surface area contributed by atoms with Gasteiger partial charge in [-0.2, -0.15) is 0 Å². The standard InChI is InChI=1S/C15H11ClFNO3/c16-10-7-13-14(21-6-5-20-13)8-12(10)18-15(19)9-3-1-2-4-11(9)17/h1-4,7-8H,5-6H2,(H,18,19). The van der Waals surface area contributed by atoms with Gasteiger partial charge in [-0.1, -0.05) is 23.7 Å². The number of rotatable bonds is 2. The SMILES string of the molecule is O=C(Nc1cc2c(cc1Cl)OCCO2)c1ccccc1F. The Labute approximate surface area is 125 Å². The third-order valence-electron chi connectivity index (χ3n) is 3.00. The van der Waals surface area contributed by atoms with E-state index in [-0.39, 0.29) is 5.56 Å². The van der Waals surface area contributed by atoms with Crippen molar-refractivity contribution in [2.75, 3.05) is 18.5 Å². The van der Waals surface area contributed by atoms with E-state index >= 15 is 0 Å². The molecule has 1 heterocycles. The maximum atomic E-state index is 13.6. The molecule has 0 saturated carbocycles. The third kappa shape index (κ3) is 2.78. The molecular weight excluding hydrogens is 297 g/mol. The molecule has 108 valence electrons. The Morgan fingerprint density at radius 2 is 1.81 bits per heavy atom. The molecule has 0 spiro atoms. The fraction of sp³-hybridized carbons (Fsp3) is 0.133. The van der Waals surface area contributed by atoms with Crippen molar-refractivity contribution in [2.24, 2.45) is 0 Å². The van der Waals surface area contributed by atoms with Crippen molar-refractivity contribution in [1.29, 1.82) is 0 Å². The Morgan fingerprint density at radius 1 is 1.14 bits per heavy atom. The first kappa shape index (κ1) is 13.7. The van der Waals surface area contributed by atoms with E-state index in [0.29, 0.717) is 35.4 Å². The van der Waals surface area contributed by atoms with E-state index in [4.69, 9.17) is 21.1 Å². The van der Waals surface area contributed by atoms with Crippen LogP contribution < -0.4 is 14.8 Å². The summed E-state index contributed by atoms with van der Waals surface area (Å²) in [5, 5.41) is 2.87. The highest BCUT2D eigenvalue weighted by Gasteiger charge is 2.18. The topological polar surface area (TPSA) is 47.6 Å². The summed E-state index contributed by atoms with van der Waals surface area (Å²) in [7, 11) is 0. The summed E-state index contributed by atoms with van der Waals surface area (Å²) >= 11 is 6.09. The molecule has 6 heteroatoms. The van der Waals surface area contributed by atoms with Gasteiger partial charge < -0.3 is 14.8 Å². The van der Waals surface area contributed by atoms with Crippen molar-refractivity contribution in [3.05, 3.63) is 52.8 Å². The van der Waals surface area contributed by atoms with Crippen molar-refractivity contribution in [3.63, 3.8) is 0 Å². The lowest BCUT2D eigenvalue weighted by Crippen LogP contribution is -2.17. The molecule has 0 radical (unpaired) electrons. The van der Waals surface area contributed by atoms with Gasteiger partial charge >= 0.3 is 0 Å². The Hall–Kier alpha value is -2.27. The second-order valence-electron chi connectivity index (χ2n) is 4.41. The minimum atomic E-state index is -0.594. The zero-order valence-corrected chi connectivity index (χ0v) is 11.6. The summed E-state index contributed by atoms with van der Waals surface area (Å²) in [6.07, 6.45) is 0. The fourth-order valence-corrected chi connectivity index (χ4v) is 2.20. The van der Waals surface area contributed by atoms with E-state index in [1.807, 2.05) is 0 Å². The van der Waals surface area contributed by atoms with Gasteiger partial charge in [-0.25, -0.2) is 4.39 Å². The number of benzene rings is 2. The van der Waals surface area contributed by atoms with Crippen LogP contribution in [0, 0.1) is 5.82 Å². The van der Waals surface area contributed by atoms with Crippen LogP contribution >= 0.6 is 11.6 Å². The van der Waals surface area contributed by atoms with Gasteiger partial charge in [-0.05, 0) is 12.1 Å². The Bertz CT molecular complexity index is 705. The lowest BCUT2D eigenvalue weighted by Gasteiger charge is -2.20. The summed E-state index contributed by atoms with van der Waals surface area (Å²) in [5.74, 6) is -0.153. The smallest absolute Gasteiger partial charge is 0.258 e. The van der Waals surface area contributed by atoms with Crippen LogP contribution in [0.25, 0.3) is 0 Å². The summed E-state index contributed by atoms with van der Waals surface area (Å²) in [4.78, 5) is 12.1. The molecule has 0 unspecified atom stereocenters. The van der Waals surface area contributed by atoms with Gasteiger partial charge in [-0.15, -0.1) is 0 Å². The van der Waals surface area contributed by atoms with Gasteiger partial charge in [0.2, 0.25) is 0 Å². The highest BCUT2D eigenvalue weighted by atomic mass is 35.5. The summed E-state index contributed by atoms with van der Waals surface area (Å²) in [6, 6.07) is 8.85. The van der Waals surface area contributed by atoms with Gasteiger partial charge in [0.25, 0.3) is 5.91 Å². The summed E-state index contributed by atoms with van der Waals surface area (Å²) in [5.41, 5.74) is 0.289. The van der Waals surface area contributed by atoms with Crippen molar-refractivity contribution in [2.45, 2.75) is 0 Å². The summed E-state index contributed by atoms with van der Waals surface area (Å²) < 4.78 is 24.4. The number of ether oxygens (including phenoxy) is 2. The maximum Gasteiger partial charge on any atom is 0.258 e. The lowest BCUT2D eigenvalue weighted by molar-refractivity contribution is 0.102. The third-order valence-corrected chi connectivity index (χ3v) is 3.31. The van der Waals surface area contributed by atoms with Crippen LogP contribution in [0.4, 0.5) is 10.1 Å². The van der Waals surface area contributed by atoms with Crippen molar-refractivity contribution in [1.82, 2.24) is 0 Å². The number of nitrogens with one attached hydrogen (secondary N) is 1. The van der Waals surface area contributed by atoms with Crippen molar-refractivity contribution >= 4 is 23.2 Å². The van der Waals surface area contributed by atoms with E-state index < -0.39 is 11.7 Å². The van der Waals surface area contributed by atoms with Crippen LogP contribution in [0.1, 0.15) is 10.4 Å². The number of anilines is 1. The lowest BCUT2D eigenvalue weighted by atomic mass is 10.2. The molecule has 2 aromatic carbocycles. The Balaban J connectivity index is 1.88. The monoisotopic (exact) mass is 307 g/mol. The predicted octanol–water partition coefficient (Wildman–Crippen LogP) is 3.50. The van der Waals surface area contributed by atoms with Gasteiger partial charge in [0.05, 0.1) is 16.3 Å². The van der Waals surface area contributed by atoms with Crippen LogP contribution in [0.15, 0.2) is 36.4 Å². The van der Waals surface area contributed by atoms with Crippen LogP contribution in [0.2, 0.25) is 5.02 Å². The molecule has 1 amide bonds. The second-order valence-corrected chi connectivity index (χ2v) is 4.82. The minimum absolute atomic E-state index is 0.0524. The van der Waals surface area contributed by atoms with Crippen molar-refractivity contribution in [3.8, 4) is 11.5 Å². The molecule has 0 atom stereocenters. The van der Waals surface area contributed by atoms with Gasteiger partial charge in [0.1, 0.15) is 19.0 Å².